The molecule has 1 atom stereocenters. The zero-order chi connectivity index (χ0) is 16.5. The molecule has 118 valence electrons. The lowest BCUT2D eigenvalue weighted by atomic mass is 10.2. The van der Waals surface area contributed by atoms with Gasteiger partial charge >= 0.3 is 0 Å². The molecule has 1 aromatic rings. The normalized spacial score (nSPS) is 12.0. The van der Waals surface area contributed by atoms with E-state index in [9.17, 15) is 4.79 Å². The first kappa shape index (κ1) is 17.4. The zero-order valence-corrected chi connectivity index (χ0v) is 13.3. The second kappa shape index (κ2) is 8.57. The van der Waals surface area contributed by atoms with Gasteiger partial charge in [-0.05, 0) is 25.5 Å². The van der Waals surface area contributed by atoms with E-state index >= 15 is 0 Å². The standard InChI is InChI=1S/C16H21N3O3/c1-5-11(2)18-10-12(9-17)16(20)19-13-6-7-14(21-3)15(8-13)22-4/h6-8,10-11,18H,5H2,1-4H3,(H,19,20)/b12-10-. The Morgan fingerprint density at radius 3 is 2.59 bits per heavy atom. The summed E-state index contributed by atoms with van der Waals surface area (Å²) < 4.78 is 10.3. The lowest BCUT2D eigenvalue weighted by Crippen LogP contribution is -2.22. The van der Waals surface area contributed by atoms with E-state index in [1.165, 1.54) is 20.4 Å². The fourth-order valence-corrected chi connectivity index (χ4v) is 1.60. The van der Waals surface area contributed by atoms with Crippen LogP contribution in [0.5, 0.6) is 11.5 Å². The number of carbonyl (C=O) groups is 1. The minimum absolute atomic E-state index is 0.00934. The predicted octanol–water partition coefficient (Wildman–Crippen LogP) is 2.44. The maximum atomic E-state index is 12.1. The lowest BCUT2D eigenvalue weighted by molar-refractivity contribution is -0.112. The van der Waals surface area contributed by atoms with Crippen molar-refractivity contribution in [2.75, 3.05) is 19.5 Å². The fourth-order valence-electron chi connectivity index (χ4n) is 1.60. The number of nitrogens with zero attached hydrogens (tertiary/aromatic N) is 1. The Morgan fingerprint density at radius 2 is 2.05 bits per heavy atom. The number of hydrogen-bond acceptors (Lipinski definition) is 5. The zero-order valence-electron chi connectivity index (χ0n) is 13.3. The number of benzene rings is 1. The molecule has 0 saturated heterocycles. The fraction of sp³-hybridized carbons (Fsp3) is 0.375. The average Bonchev–Trinajstić information content (AvgIpc) is 2.54. The highest BCUT2D eigenvalue weighted by Gasteiger charge is 2.11. The molecule has 6 nitrogen and oxygen atoms in total. The Kier molecular flexibility index (Phi) is 6.77. The van der Waals surface area contributed by atoms with Crippen molar-refractivity contribution >= 4 is 11.6 Å². The van der Waals surface area contributed by atoms with E-state index in [1.807, 2.05) is 19.9 Å². The first-order chi connectivity index (χ1) is 10.5. The molecule has 0 aromatic heterocycles. The van der Waals surface area contributed by atoms with E-state index in [4.69, 9.17) is 14.7 Å². The largest absolute Gasteiger partial charge is 0.493 e. The molecule has 1 amide bonds. The van der Waals surface area contributed by atoms with E-state index in [1.54, 1.807) is 18.2 Å². The van der Waals surface area contributed by atoms with Crippen molar-refractivity contribution in [2.45, 2.75) is 26.3 Å². The van der Waals surface area contributed by atoms with Crippen molar-refractivity contribution in [3.8, 4) is 17.6 Å². The molecule has 0 aliphatic carbocycles. The number of anilines is 1. The van der Waals surface area contributed by atoms with Crippen molar-refractivity contribution < 1.29 is 14.3 Å². The number of nitrogens with one attached hydrogen (secondary N) is 2. The van der Waals surface area contributed by atoms with Crippen molar-refractivity contribution in [3.63, 3.8) is 0 Å². The summed E-state index contributed by atoms with van der Waals surface area (Å²) in [7, 11) is 3.05. The highest BCUT2D eigenvalue weighted by molar-refractivity contribution is 6.06. The van der Waals surface area contributed by atoms with Crippen molar-refractivity contribution in [1.82, 2.24) is 5.32 Å². The molecule has 0 radical (unpaired) electrons. The van der Waals surface area contributed by atoms with Crippen LogP contribution in [-0.4, -0.2) is 26.2 Å². The Labute approximate surface area is 130 Å². The van der Waals surface area contributed by atoms with Crippen LogP contribution in [0.25, 0.3) is 0 Å². The van der Waals surface area contributed by atoms with Crippen molar-refractivity contribution in [1.29, 1.82) is 5.26 Å². The molecule has 0 aliphatic rings. The smallest absolute Gasteiger partial charge is 0.267 e. The van der Waals surface area contributed by atoms with Gasteiger partial charge in [0.05, 0.1) is 14.2 Å². The molecular formula is C16H21N3O3. The maximum absolute atomic E-state index is 12.1. The monoisotopic (exact) mass is 303 g/mol. The second-order valence-electron chi connectivity index (χ2n) is 4.67. The van der Waals surface area contributed by atoms with Crippen LogP contribution >= 0.6 is 0 Å². The van der Waals surface area contributed by atoms with E-state index < -0.39 is 5.91 Å². The van der Waals surface area contributed by atoms with Crippen LogP contribution in [0.1, 0.15) is 20.3 Å². The molecule has 0 fully saturated rings. The van der Waals surface area contributed by atoms with E-state index in [0.29, 0.717) is 17.2 Å². The predicted molar refractivity (Wildman–Crippen MR) is 84.8 cm³/mol. The quantitative estimate of drug-likeness (QED) is 0.597. The minimum atomic E-state index is -0.481. The number of rotatable bonds is 7. The highest BCUT2D eigenvalue weighted by atomic mass is 16.5. The highest BCUT2D eigenvalue weighted by Crippen LogP contribution is 2.29. The van der Waals surface area contributed by atoms with Gasteiger partial charge in [0, 0.05) is 24.0 Å². The lowest BCUT2D eigenvalue weighted by Gasteiger charge is -2.11. The molecular weight excluding hydrogens is 282 g/mol. The number of carbonyl (C=O) groups excluding carboxylic acids is 1. The summed E-state index contributed by atoms with van der Waals surface area (Å²) in [6.07, 6.45) is 2.33. The van der Waals surface area contributed by atoms with Gasteiger partial charge in [-0.2, -0.15) is 5.26 Å². The minimum Gasteiger partial charge on any atom is -0.493 e. The number of methoxy groups -OCH3 is 2. The number of hydrogen-bond donors (Lipinski definition) is 2. The van der Waals surface area contributed by atoms with Gasteiger partial charge in [0.2, 0.25) is 0 Å². The third kappa shape index (κ3) is 4.70. The van der Waals surface area contributed by atoms with Crippen LogP contribution in [-0.2, 0) is 4.79 Å². The molecule has 0 saturated carbocycles. The van der Waals surface area contributed by atoms with E-state index in [2.05, 4.69) is 10.6 Å². The summed E-state index contributed by atoms with van der Waals surface area (Å²) in [5.41, 5.74) is 0.530. The SMILES string of the molecule is CCC(C)N/C=C(/C#N)C(=O)Nc1ccc(OC)c(OC)c1. The Bertz CT molecular complexity index is 591. The van der Waals surface area contributed by atoms with E-state index in [0.717, 1.165) is 6.42 Å². The van der Waals surface area contributed by atoms with Gasteiger partial charge in [-0.15, -0.1) is 0 Å². The van der Waals surface area contributed by atoms with Gasteiger partial charge < -0.3 is 20.1 Å². The van der Waals surface area contributed by atoms with Crippen LogP contribution in [0.3, 0.4) is 0 Å². The van der Waals surface area contributed by atoms with Crippen LogP contribution in [0.4, 0.5) is 5.69 Å². The van der Waals surface area contributed by atoms with Crippen LogP contribution in [0.15, 0.2) is 30.0 Å². The molecule has 1 unspecified atom stereocenters. The Morgan fingerprint density at radius 1 is 1.36 bits per heavy atom. The Balaban J connectivity index is 2.85. The van der Waals surface area contributed by atoms with Gasteiger partial charge in [0.15, 0.2) is 11.5 Å². The Hall–Kier alpha value is -2.68. The topological polar surface area (TPSA) is 83.4 Å². The third-order valence-electron chi connectivity index (χ3n) is 3.13. The van der Waals surface area contributed by atoms with Gasteiger partial charge in [-0.1, -0.05) is 6.92 Å². The molecule has 0 bridgehead atoms. The summed E-state index contributed by atoms with van der Waals surface area (Å²) in [5.74, 6) is 0.584. The van der Waals surface area contributed by atoms with E-state index in [-0.39, 0.29) is 11.6 Å². The van der Waals surface area contributed by atoms with Crippen LogP contribution in [0, 0.1) is 11.3 Å². The average molecular weight is 303 g/mol. The summed E-state index contributed by atoms with van der Waals surface area (Å²) >= 11 is 0. The second-order valence-corrected chi connectivity index (χ2v) is 4.67. The molecule has 0 aliphatic heterocycles. The molecule has 1 rings (SSSR count). The number of nitriles is 1. The van der Waals surface area contributed by atoms with Crippen molar-refractivity contribution in [3.05, 3.63) is 30.0 Å². The third-order valence-corrected chi connectivity index (χ3v) is 3.13. The van der Waals surface area contributed by atoms with Crippen molar-refractivity contribution in [2.24, 2.45) is 0 Å². The summed E-state index contributed by atoms with van der Waals surface area (Å²) in [4.78, 5) is 12.1. The summed E-state index contributed by atoms with van der Waals surface area (Å²) in [5, 5.41) is 14.7. The molecule has 2 N–H and O–H groups in total. The number of ether oxygens (including phenoxy) is 2. The molecule has 22 heavy (non-hydrogen) atoms. The summed E-state index contributed by atoms with van der Waals surface area (Å²) in [6, 6.07) is 7.07. The first-order valence-corrected chi connectivity index (χ1v) is 6.95. The number of amides is 1. The molecule has 1 aromatic carbocycles. The van der Waals surface area contributed by atoms with Crippen LogP contribution < -0.4 is 20.1 Å². The molecule has 6 heteroatoms. The molecule has 0 spiro atoms. The molecule has 0 heterocycles. The first-order valence-electron chi connectivity index (χ1n) is 6.95. The maximum Gasteiger partial charge on any atom is 0.267 e. The van der Waals surface area contributed by atoms with Crippen LogP contribution in [0.2, 0.25) is 0 Å². The van der Waals surface area contributed by atoms with Gasteiger partial charge in [-0.25, -0.2) is 0 Å². The van der Waals surface area contributed by atoms with Gasteiger partial charge in [0.25, 0.3) is 5.91 Å². The summed E-state index contributed by atoms with van der Waals surface area (Å²) in [6.45, 7) is 3.99. The van der Waals surface area contributed by atoms with Gasteiger partial charge in [0.1, 0.15) is 11.6 Å². The van der Waals surface area contributed by atoms with Gasteiger partial charge in [-0.3, -0.25) is 4.79 Å².